The molecule has 0 amide bonds. The van der Waals surface area contributed by atoms with E-state index in [9.17, 15) is 4.79 Å². The third-order valence-electron chi connectivity index (χ3n) is 5.75. The largest absolute Gasteiger partial charge is 0.302 e. The molecule has 20 heavy (non-hydrogen) atoms. The maximum Gasteiger partial charge on any atom is 0.130 e. The Bertz CT molecular complexity index is 574. The zero-order valence-corrected chi connectivity index (χ0v) is 13.5. The Morgan fingerprint density at radius 1 is 0.850 bits per heavy atom. The van der Waals surface area contributed by atoms with Gasteiger partial charge in [0.25, 0.3) is 0 Å². The number of rotatable bonds is 2. The van der Waals surface area contributed by atoms with E-state index in [0.29, 0.717) is 0 Å². The van der Waals surface area contributed by atoms with E-state index in [4.69, 9.17) is 0 Å². The fraction of sp³-hybridized carbons (Fsp3) is 0.632. The van der Waals surface area contributed by atoms with Gasteiger partial charge < -0.3 is 4.79 Å². The molecule has 0 bridgehead atoms. The van der Waals surface area contributed by atoms with E-state index in [-0.39, 0.29) is 16.2 Å². The summed E-state index contributed by atoms with van der Waals surface area (Å²) < 4.78 is 0. The summed E-state index contributed by atoms with van der Waals surface area (Å²) in [6.07, 6.45) is 5.71. The summed E-state index contributed by atoms with van der Waals surface area (Å²) >= 11 is 0. The van der Waals surface area contributed by atoms with Gasteiger partial charge >= 0.3 is 0 Å². The number of aryl methyl sites for hydroxylation is 1. The standard InChI is InChI=1S/C19H26O/c1-13-10-15-16(11-14(13)19(12-20)8-9-19)18(4,5)7-6-17(15,2)3/h10-12H,6-9H2,1-5H3. The first-order valence-corrected chi connectivity index (χ1v) is 7.84. The van der Waals surface area contributed by atoms with Crippen molar-refractivity contribution in [3.63, 3.8) is 0 Å². The van der Waals surface area contributed by atoms with Crippen molar-refractivity contribution >= 4 is 6.29 Å². The van der Waals surface area contributed by atoms with Crippen molar-refractivity contribution in [2.75, 3.05) is 0 Å². The number of carbonyl (C=O) groups excluding carboxylic acids is 1. The number of benzene rings is 1. The minimum Gasteiger partial charge on any atom is -0.302 e. The van der Waals surface area contributed by atoms with Crippen LogP contribution in [-0.2, 0) is 21.0 Å². The average molecular weight is 270 g/mol. The van der Waals surface area contributed by atoms with Gasteiger partial charge in [-0.05, 0) is 65.7 Å². The van der Waals surface area contributed by atoms with Gasteiger partial charge in [0.05, 0.1) is 5.41 Å². The quantitative estimate of drug-likeness (QED) is 0.719. The summed E-state index contributed by atoms with van der Waals surface area (Å²) in [5.41, 5.74) is 5.89. The predicted molar refractivity (Wildman–Crippen MR) is 83.4 cm³/mol. The second-order valence-electron chi connectivity index (χ2n) is 8.25. The van der Waals surface area contributed by atoms with Gasteiger partial charge in [-0.15, -0.1) is 0 Å². The van der Waals surface area contributed by atoms with E-state index in [0.717, 1.165) is 12.8 Å². The van der Waals surface area contributed by atoms with Gasteiger partial charge in [0.1, 0.15) is 6.29 Å². The smallest absolute Gasteiger partial charge is 0.130 e. The molecule has 0 heterocycles. The van der Waals surface area contributed by atoms with E-state index >= 15 is 0 Å². The van der Waals surface area contributed by atoms with Gasteiger partial charge in [0, 0.05) is 0 Å². The van der Waals surface area contributed by atoms with Crippen molar-refractivity contribution in [3.8, 4) is 0 Å². The van der Waals surface area contributed by atoms with Crippen molar-refractivity contribution in [2.45, 2.75) is 76.5 Å². The van der Waals surface area contributed by atoms with Crippen LogP contribution in [0.25, 0.3) is 0 Å². The van der Waals surface area contributed by atoms with Crippen LogP contribution < -0.4 is 0 Å². The van der Waals surface area contributed by atoms with Crippen LogP contribution in [0.2, 0.25) is 0 Å². The topological polar surface area (TPSA) is 17.1 Å². The predicted octanol–water partition coefficient (Wildman–Crippen LogP) is 4.57. The molecule has 1 aromatic rings. The van der Waals surface area contributed by atoms with Crippen molar-refractivity contribution < 1.29 is 4.79 Å². The molecular weight excluding hydrogens is 244 g/mol. The second kappa shape index (κ2) is 3.96. The van der Waals surface area contributed by atoms with Crippen LogP contribution in [0.1, 0.15) is 75.6 Å². The number of carbonyl (C=O) groups is 1. The van der Waals surface area contributed by atoms with Crippen LogP contribution in [0.15, 0.2) is 12.1 Å². The van der Waals surface area contributed by atoms with E-state index < -0.39 is 0 Å². The molecule has 1 heteroatoms. The zero-order chi connectivity index (χ0) is 14.8. The lowest BCUT2D eigenvalue weighted by molar-refractivity contribution is -0.109. The zero-order valence-electron chi connectivity index (χ0n) is 13.5. The maximum atomic E-state index is 11.5. The summed E-state index contributed by atoms with van der Waals surface area (Å²) in [7, 11) is 0. The van der Waals surface area contributed by atoms with Crippen LogP contribution in [0.5, 0.6) is 0 Å². The summed E-state index contributed by atoms with van der Waals surface area (Å²) in [5, 5.41) is 0. The first kappa shape index (κ1) is 13.9. The Hall–Kier alpha value is -1.11. The minimum absolute atomic E-state index is 0.156. The molecule has 0 aromatic heterocycles. The van der Waals surface area contributed by atoms with Crippen molar-refractivity contribution in [1.29, 1.82) is 0 Å². The summed E-state index contributed by atoms with van der Waals surface area (Å²) in [4.78, 5) is 11.5. The molecule has 0 saturated heterocycles. The lowest BCUT2D eigenvalue weighted by atomic mass is 9.62. The molecule has 1 fully saturated rings. The molecule has 0 atom stereocenters. The molecule has 2 aliphatic carbocycles. The van der Waals surface area contributed by atoms with E-state index in [1.54, 1.807) is 0 Å². The van der Waals surface area contributed by atoms with Gasteiger partial charge in [0.2, 0.25) is 0 Å². The first-order valence-electron chi connectivity index (χ1n) is 7.84. The third-order valence-corrected chi connectivity index (χ3v) is 5.75. The first-order chi connectivity index (χ1) is 9.22. The number of hydrogen-bond acceptors (Lipinski definition) is 1. The van der Waals surface area contributed by atoms with Gasteiger partial charge in [0.15, 0.2) is 0 Å². The Kier molecular flexibility index (Phi) is 2.74. The Balaban J connectivity index is 2.23. The third kappa shape index (κ3) is 1.86. The summed E-state index contributed by atoms with van der Waals surface area (Å²) in [6, 6.07) is 4.74. The van der Waals surface area contributed by atoms with Gasteiger partial charge in [-0.2, -0.15) is 0 Å². The normalized spacial score (nSPS) is 24.9. The van der Waals surface area contributed by atoms with E-state index in [1.165, 1.54) is 41.4 Å². The molecule has 1 aromatic carbocycles. The molecule has 1 nitrogen and oxygen atoms in total. The highest BCUT2D eigenvalue weighted by Gasteiger charge is 2.47. The van der Waals surface area contributed by atoms with Crippen LogP contribution in [0.3, 0.4) is 0 Å². The van der Waals surface area contributed by atoms with Crippen LogP contribution >= 0.6 is 0 Å². The molecule has 0 radical (unpaired) electrons. The lowest BCUT2D eigenvalue weighted by Gasteiger charge is -2.42. The molecule has 0 unspecified atom stereocenters. The Morgan fingerprint density at radius 2 is 1.35 bits per heavy atom. The fourth-order valence-electron chi connectivity index (χ4n) is 3.84. The minimum atomic E-state index is -0.156. The molecule has 108 valence electrons. The van der Waals surface area contributed by atoms with Crippen molar-refractivity contribution in [2.24, 2.45) is 0 Å². The molecule has 2 aliphatic rings. The monoisotopic (exact) mass is 270 g/mol. The van der Waals surface area contributed by atoms with Gasteiger partial charge in [-0.1, -0.05) is 39.8 Å². The van der Waals surface area contributed by atoms with Crippen molar-refractivity contribution in [1.82, 2.24) is 0 Å². The molecule has 1 saturated carbocycles. The maximum absolute atomic E-state index is 11.5. The second-order valence-corrected chi connectivity index (χ2v) is 8.25. The molecule has 0 N–H and O–H groups in total. The van der Waals surface area contributed by atoms with Crippen molar-refractivity contribution in [3.05, 3.63) is 34.4 Å². The van der Waals surface area contributed by atoms with Crippen LogP contribution in [0.4, 0.5) is 0 Å². The molecule has 0 aliphatic heterocycles. The summed E-state index contributed by atoms with van der Waals surface area (Å²) in [6.45, 7) is 11.6. The number of aldehydes is 1. The molecule has 3 rings (SSSR count). The number of fused-ring (bicyclic) bond motifs is 1. The molecule has 0 spiro atoms. The summed E-state index contributed by atoms with van der Waals surface area (Å²) in [5.74, 6) is 0. The van der Waals surface area contributed by atoms with Crippen LogP contribution in [-0.4, -0.2) is 6.29 Å². The van der Waals surface area contributed by atoms with Gasteiger partial charge in [-0.3, -0.25) is 0 Å². The highest BCUT2D eigenvalue weighted by atomic mass is 16.1. The van der Waals surface area contributed by atoms with Gasteiger partial charge in [-0.25, -0.2) is 0 Å². The van der Waals surface area contributed by atoms with E-state index in [1.807, 2.05) is 0 Å². The highest BCUT2D eigenvalue weighted by Crippen LogP contribution is 2.52. The average Bonchev–Trinajstić information content (AvgIpc) is 3.16. The Morgan fingerprint density at radius 3 is 1.80 bits per heavy atom. The Labute approximate surface area is 122 Å². The van der Waals surface area contributed by atoms with Crippen LogP contribution in [0, 0.1) is 6.92 Å². The molecular formula is C19H26O. The SMILES string of the molecule is Cc1cc2c(cc1C1(C=O)CC1)C(C)(C)CCC2(C)C. The highest BCUT2D eigenvalue weighted by molar-refractivity contribution is 5.74. The lowest BCUT2D eigenvalue weighted by Crippen LogP contribution is -2.34. The van der Waals surface area contributed by atoms with E-state index in [2.05, 4.69) is 46.8 Å². The fourth-order valence-corrected chi connectivity index (χ4v) is 3.84. The number of hydrogen-bond donors (Lipinski definition) is 0.